The smallest absolute Gasteiger partial charge is 0.265 e. The maximum Gasteiger partial charge on any atom is 0.265 e. The van der Waals surface area contributed by atoms with Crippen molar-refractivity contribution in [2.24, 2.45) is 17.8 Å². The molecule has 3 rings (SSSR count). The topological polar surface area (TPSA) is 85.4 Å². The number of hydrogen-bond acceptors (Lipinski definition) is 5. The minimum Gasteiger partial charge on any atom is -0.481 e. The highest BCUT2D eigenvalue weighted by molar-refractivity contribution is 7.90. The molecule has 2 aliphatic carbocycles. The van der Waals surface area contributed by atoms with E-state index in [0.29, 0.717) is 11.8 Å². The highest BCUT2D eigenvalue weighted by Gasteiger charge is 2.44. The van der Waals surface area contributed by atoms with E-state index >= 15 is 0 Å². The summed E-state index contributed by atoms with van der Waals surface area (Å²) in [7, 11) is -2.40. The van der Waals surface area contributed by atoms with E-state index in [0.717, 1.165) is 25.2 Å². The van der Waals surface area contributed by atoms with E-state index in [-0.39, 0.29) is 10.8 Å². The van der Waals surface area contributed by atoms with Crippen LogP contribution in [0.5, 0.6) is 5.88 Å². The summed E-state index contributed by atoms with van der Waals surface area (Å²) in [5.74, 6) is 1.15. The van der Waals surface area contributed by atoms with Gasteiger partial charge in [-0.15, -0.1) is 0 Å². The van der Waals surface area contributed by atoms with Gasteiger partial charge in [-0.1, -0.05) is 0 Å². The highest BCUT2D eigenvalue weighted by atomic mass is 32.2. The van der Waals surface area contributed by atoms with Gasteiger partial charge in [-0.05, 0) is 43.6 Å². The zero-order chi connectivity index (χ0) is 15.0. The third kappa shape index (κ3) is 3.02. The van der Waals surface area contributed by atoms with E-state index in [1.54, 1.807) is 0 Å². The molecule has 1 aromatic rings. The van der Waals surface area contributed by atoms with E-state index in [4.69, 9.17) is 4.74 Å². The third-order valence-electron chi connectivity index (χ3n) is 4.38. The molecule has 2 fully saturated rings. The van der Waals surface area contributed by atoms with E-state index in [2.05, 4.69) is 9.71 Å². The molecule has 3 atom stereocenters. The maximum absolute atomic E-state index is 12.2. The fourth-order valence-corrected chi connectivity index (χ4v) is 4.00. The van der Waals surface area contributed by atoms with Gasteiger partial charge in [0.15, 0.2) is 0 Å². The predicted molar refractivity (Wildman–Crippen MR) is 75.1 cm³/mol. The van der Waals surface area contributed by atoms with Crippen molar-refractivity contribution >= 4 is 15.9 Å². The Morgan fingerprint density at radius 1 is 1.29 bits per heavy atom. The van der Waals surface area contributed by atoms with Gasteiger partial charge in [0, 0.05) is 12.0 Å². The molecule has 6 nitrogen and oxygen atoms in total. The molecule has 114 valence electrons. The zero-order valence-electron chi connectivity index (χ0n) is 11.8. The number of carbonyl (C=O) groups is 1. The number of aromatic nitrogens is 1. The van der Waals surface area contributed by atoms with Gasteiger partial charge in [0.25, 0.3) is 10.0 Å². The van der Waals surface area contributed by atoms with Crippen LogP contribution in [0.15, 0.2) is 23.2 Å². The van der Waals surface area contributed by atoms with Crippen molar-refractivity contribution in [3.63, 3.8) is 0 Å². The van der Waals surface area contributed by atoms with Crippen LogP contribution in [0.4, 0.5) is 0 Å². The van der Waals surface area contributed by atoms with Gasteiger partial charge in [-0.3, -0.25) is 4.79 Å². The molecule has 0 aliphatic heterocycles. The van der Waals surface area contributed by atoms with Crippen LogP contribution in [0, 0.1) is 17.8 Å². The van der Waals surface area contributed by atoms with Gasteiger partial charge < -0.3 is 4.74 Å². The molecule has 21 heavy (non-hydrogen) atoms. The second-order valence-corrected chi connectivity index (χ2v) is 7.45. The van der Waals surface area contributed by atoms with Crippen molar-refractivity contribution < 1.29 is 17.9 Å². The number of hydrogen-bond donors (Lipinski definition) is 1. The van der Waals surface area contributed by atoms with Crippen LogP contribution in [0.3, 0.4) is 0 Å². The molecule has 1 aromatic heterocycles. The van der Waals surface area contributed by atoms with Crippen LogP contribution >= 0.6 is 0 Å². The summed E-state index contributed by atoms with van der Waals surface area (Å²) in [5, 5.41) is 0. The lowest BCUT2D eigenvalue weighted by atomic mass is 9.89. The highest BCUT2D eigenvalue weighted by Crippen LogP contribution is 2.51. The molecule has 1 heterocycles. The standard InChI is InChI=1S/C14H18N2O4S/c1-20-13-5-4-12(8-15-13)21(18,19)16-14(17)10-3-2-9-6-11(9)7-10/h4-5,8-11H,2-3,6-7H2,1H3,(H,16,17). The lowest BCUT2D eigenvalue weighted by Crippen LogP contribution is -2.36. The van der Waals surface area contributed by atoms with Crippen molar-refractivity contribution in [3.8, 4) is 5.88 Å². The summed E-state index contributed by atoms with van der Waals surface area (Å²) < 4.78 is 31.4. The largest absolute Gasteiger partial charge is 0.481 e. The number of sulfonamides is 1. The summed E-state index contributed by atoms with van der Waals surface area (Å²) in [4.78, 5) is 16.0. The SMILES string of the molecule is COc1ccc(S(=O)(=O)NC(=O)C2CCC3CC3C2)cn1. The van der Waals surface area contributed by atoms with Gasteiger partial charge >= 0.3 is 0 Å². The maximum atomic E-state index is 12.2. The molecule has 1 N–H and O–H groups in total. The molecule has 7 heteroatoms. The summed E-state index contributed by atoms with van der Waals surface area (Å²) in [5.41, 5.74) is 0. The molecular formula is C14H18N2O4S. The van der Waals surface area contributed by atoms with Gasteiger partial charge in [0.05, 0.1) is 13.3 Å². The quantitative estimate of drug-likeness (QED) is 0.907. The first kappa shape index (κ1) is 14.3. The normalized spacial score (nSPS) is 27.6. The first-order valence-electron chi connectivity index (χ1n) is 7.06. The van der Waals surface area contributed by atoms with Gasteiger partial charge in [0.1, 0.15) is 4.90 Å². The summed E-state index contributed by atoms with van der Waals surface area (Å²) in [6.45, 7) is 0. The Morgan fingerprint density at radius 2 is 2.10 bits per heavy atom. The number of methoxy groups -OCH3 is 1. The van der Waals surface area contributed by atoms with Gasteiger partial charge in [0.2, 0.25) is 11.8 Å². The van der Waals surface area contributed by atoms with E-state index in [1.165, 1.54) is 31.9 Å². The molecule has 0 spiro atoms. The van der Waals surface area contributed by atoms with Crippen molar-refractivity contribution in [1.82, 2.24) is 9.71 Å². The van der Waals surface area contributed by atoms with Crippen LogP contribution < -0.4 is 9.46 Å². The molecule has 2 saturated carbocycles. The second-order valence-electron chi connectivity index (χ2n) is 5.77. The number of fused-ring (bicyclic) bond motifs is 1. The Hall–Kier alpha value is -1.63. The molecular weight excluding hydrogens is 292 g/mol. The van der Waals surface area contributed by atoms with Crippen LogP contribution in [-0.2, 0) is 14.8 Å². The molecule has 2 aliphatic rings. The number of amides is 1. The van der Waals surface area contributed by atoms with E-state index in [9.17, 15) is 13.2 Å². The minimum absolute atomic E-state index is 0.0308. The summed E-state index contributed by atoms with van der Waals surface area (Å²) in [6, 6.07) is 2.83. The van der Waals surface area contributed by atoms with E-state index in [1.807, 2.05) is 0 Å². The number of pyridine rings is 1. The predicted octanol–water partition coefficient (Wildman–Crippen LogP) is 1.33. The van der Waals surface area contributed by atoms with Gasteiger partial charge in [-0.2, -0.15) is 0 Å². The molecule has 0 bridgehead atoms. The number of rotatable bonds is 4. The molecule has 3 unspecified atom stereocenters. The van der Waals surface area contributed by atoms with Crippen LogP contribution in [0.25, 0.3) is 0 Å². The number of ether oxygens (including phenoxy) is 1. The van der Waals surface area contributed by atoms with Crippen molar-refractivity contribution in [2.75, 3.05) is 7.11 Å². The first-order valence-corrected chi connectivity index (χ1v) is 8.54. The average molecular weight is 310 g/mol. The number of carbonyl (C=O) groups excluding carboxylic acids is 1. The lowest BCUT2D eigenvalue weighted by Gasteiger charge is -2.20. The fourth-order valence-electron chi connectivity index (χ4n) is 3.01. The molecule has 0 aromatic carbocycles. The summed E-state index contributed by atoms with van der Waals surface area (Å²) >= 11 is 0. The monoisotopic (exact) mass is 310 g/mol. The first-order chi connectivity index (χ1) is 9.99. The van der Waals surface area contributed by atoms with Crippen LogP contribution in [-0.4, -0.2) is 26.4 Å². The van der Waals surface area contributed by atoms with Crippen molar-refractivity contribution in [2.45, 2.75) is 30.6 Å². The number of nitrogens with zero attached hydrogens (tertiary/aromatic N) is 1. The zero-order valence-corrected chi connectivity index (χ0v) is 12.6. The summed E-state index contributed by atoms with van der Waals surface area (Å²) in [6.07, 6.45) is 5.01. The fraction of sp³-hybridized carbons (Fsp3) is 0.571. The Bertz CT molecular complexity index is 641. The molecule has 0 saturated heterocycles. The Labute approximate surface area is 124 Å². The average Bonchev–Trinajstić information content (AvgIpc) is 3.25. The van der Waals surface area contributed by atoms with Crippen LogP contribution in [0.2, 0.25) is 0 Å². The van der Waals surface area contributed by atoms with Crippen molar-refractivity contribution in [3.05, 3.63) is 18.3 Å². The van der Waals surface area contributed by atoms with Crippen LogP contribution in [0.1, 0.15) is 25.7 Å². The second kappa shape index (κ2) is 5.29. The third-order valence-corrected chi connectivity index (χ3v) is 5.71. The van der Waals surface area contributed by atoms with Gasteiger partial charge in [-0.25, -0.2) is 18.1 Å². The Kier molecular flexibility index (Phi) is 3.61. The van der Waals surface area contributed by atoms with E-state index < -0.39 is 15.9 Å². The number of nitrogens with one attached hydrogen (secondary N) is 1. The van der Waals surface area contributed by atoms with Crippen molar-refractivity contribution in [1.29, 1.82) is 0 Å². The molecule has 1 amide bonds. The lowest BCUT2D eigenvalue weighted by molar-refractivity contribution is -0.124. The Morgan fingerprint density at radius 3 is 2.71 bits per heavy atom. The molecule has 0 radical (unpaired) electrons. The minimum atomic E-state index is -3.86. The Balaban J connectivity index is 1.68.